The number of rotatable bonds is 6. The van der Waals surface area contributed by atoms with Gasteiger partial charge in [0.1, 0.15) is 31.3 Å². The van der Waals surface area contributed by atoms with Crippen molar-refractivity contribution in [1.82, 2.24) is 0 Å². The Labute approximate surface area is 145 Å². The van der Waals surface area contributed by atoms with Gasteiger partial charge >= 0.3 is 0 Å². The number of ether oxygens (including phenoxy) is 2. The molecule has 1 aromatic carbocycles. The van der Waals surface area contributed by atoms with E-state index >= 15 is 0 Å². The molecule has 1 atom stereocenters. The van der Waals surface area contributed by atoms with Gasteiger partial charge < -0.3 is 14.3 Å². The van der Waals surface area contributed by atoms with Gasteiger partial charge in [0, 0.05) is 0 Å². The molecule has 0 amide bonds. The zero-order valence-electron chi connectivity index (χ0n) is 15.3. The smallest absolute Gasteiger partial charge is 0.140 e. The van der Waals surface area contributed by atoms with Gasteiger partial charge in [0.25, 0.3) is 0 Å². The van der Waals surface area contributed by atoms with Crippen LogP contribution < -0.4 is 9.47 Å². The molecule has 4 nitrogen and oxygen atoms in total. The zero-order chi connectivity index (χ0) is 17.4. The first-order valence-corrected chi connectivity index (χ1v) is 8.77. The monoisotopic (exact) mass is 331 g/mol. The molecule has 0 heterocycles. The Kier molecular flexibility index (Phi) is 7.16. The van der Waals surface area contributed by atoms with Crippen molar-refractivity contribution >= 4 is 5.71 Å². The first kappa shape index (κ1) is 18.4. The van der Waals surface area contributed by atoms with Crippen molar-refractivity contribution < 1.29 is 14.3 Å². The summed E-state index contributed by atoms with van der Waals surface area (Å²) in [7, 11) is 1.60. The predicted octanol–water partition coefficient (Wildman–Crippen LogP) is 4.97. The van der Waals surface area contributed by atoms with Crippen LogP contribution in [-0.4, -0.2) is 25.5 Å². The van der Waals surface area contributed by atoms with Crippen LogP contribution in [0, 0.1) is 13.8 Å². The first-order chi connectivity index (χ1) is 11.7. The second-order valence-corrected chi connectivity index (χ2v) is 6.24. The summed E-state index contributed by atoms with van der Waals surface area (Å²) in [5, 5.41) is 4.21. The molecule has 24 heavy (non-hydrogen) atoms. The van der Waals surface area contributed by atoms with Gasteiger partial charge in [-0.25, -0.2) is 0 Å². The van der Waals surface area contributed by atoms with E-state index in [0.29, 0.717) is 6.61 Å². The molecule has 1 unspecified atom stereocenters. The fraction of sp³-hybridized carbons (Fsp3) is 0.550. The molecule has 1 saturated carbocycles. The van der Waals surface area contributed by atoms with Crippen LogP contribution in [0.2, 0.25) is 0 Å². The van der Waals surface area contributed by atoms with E-state index < -0.39 is 0 Å². The van der Waals surface area contributed by atoms with E-state index in [4.69, 9.17) is 14.3 Å². The quantitative estimate of drug-likeness (QED) is 0.420. The number of oxime groups is 1. The second-order valence-electron chi connectivity index (χ2n) is 6.24. The van der Waals surface area contributed by atoms with E-state index in [1.807, 2.05) is 31.2 Å². The van der Waals surface area contributed by atoms with Crippen LogP contribution in [0.5, 0.6) is 11.5 Å². The maximum absolute atomic E-state index is 6.36. The van der Waals surface area contributed by atoms with Crippen LogP contribution in [0.1, 0.15) is 50.2 Å². The highest BCUT2D eigenvalue weighted by Gasteiger charge is 2.23. The molecule has 0 radical (unpaired) electrons. The Morgan fingerprint density at radius 1 is 1.17 bits per heavy atom. The third kappa shape index (κ3) is 5.02. The topological polar surface area (TPSA) is 40.0 Å². The minimum absolute atomic E-state index is 0.000330. The maximum Gasteiger partial charge on any atom is 0.140 e. The molecule has 0 saturated heterocycles. The average Bonchev–Trinajstić information content (AvgIpc) is 2.77. The lowest BCUT2D eigenvalue weighted by Crippen LogP contribution is -2.27. The second kappa shape index (κ2) is 9.36. The molecule has 1 aliphatic carbocycles. The molecule has 1 aromatic rings. The molecule has 0 spiro atoms. The SMILES string of the molecule is C/C=C/COc1cc(C)c(OC2CCCCC/C2=N\OC)c(C)c1. The van der Waals surface area contributed by atoms with Crippen LogP contribution >= 0.6 is 0 Å². The molecular weight excluding hydrogens is 302 g/mol. The predicted molar refractivity (Wildman–Crippen MR) is 98.2 cm³/mol. The fourth-order valence-electron chi connectivity index (χ4n) is 3.05. The van der Waals surface area contributed by atoms with Crippen molar-refractivity contribution in [1.29, 1.82) is 0 Å². The van der Waals surface area contributed by atoms with E-state index in [0.717, 1.165) is 54.0 Å². The summed E-state index contributed by atoms with van der Waals surface area (Å²) >= 11 is 0. The molecule has 1 fully saturated rings. The molecular formula is C20H29NO3. The molecule has 132 valence electrons. The Hall–Kier alpha value is -1.97. The minimum Gasteiger partial charge on any atom is -0.490 e. The lowest BCUT2D eigenvalue weighted by molar-refractivity contribution is 0.197. The zero-order valence-corrected chi connectivity index (χ0v) is 15.3. The van der Waals surface area contributed by atoms with Crippen LogP contribution in [0.3, 0.4) is 0 Å². The van der Waals surface area contributed by atoms with Gasteiger partial charge in [-0.3, -0.25) is 0 Å². The molecule has 2 rings (SSSR count). The average molecular weight is 331 g/mol. The lowest BCUT2D eigenvalue weighted by Gasteiger charge is -2.22. The van der Waals surface area contributed by atoms with Gasteiger partial charge in [0.15, 0.2) is 0 Å². The van der Waals surface area contributed by atoms with Gasteiger partial charge in [-0.05, 0) is 69.7 Å². The lowest BCUT2D eigenvalue weighted by atomic mass is 10.1. The third-order valence-corrected chi connectivity index (χ3v) is 4.26. The minimum atomic E-state index is -0.000330. The Morgan fingerprint density at radius 3 is 2.58 bits per heavy atom. The summed E-state index contributed by atoms with van der Waals surface area (Å²) in [5.41, 5.74) is 3.19. The number of allylic oxidation sites excluding steroid dienone is 1. The number of benzene rings is 1. The molecule has 0 N–H and O–H groups in total. The highest BCUT2D eigenvalue weighted by molar-refractivity contribution is 5.88. The summed E-state index contributed by atoms with van der Waals surface area (Å²) in [6.45, 7) is 6.70. The van der Waals surface area contributed by atoms with Crippen molar-refractivity contribution in [2.24, 2.45) is 5.16 Å². The van der Waals surface area contributed by atoms with Gasteiger partial charge in [-0.2, -0.15) is 0 Å². The number of hydrogen-bond donors (Lipinski definition) is 0. The highest BCUT2D eigenvalue weighted by atomic mass is 16.6. The van der Waals surface area contributed by atoms with Crippen LogP contribution in [-0.2, 0) is 4.84 Å². The molecule has 4 heteroatoms. The Morgan fingerprint density at radius 2 is 1.92 bits per heavy atom. The van der Waals surface area contributed by atoms with Crippen molar-refractivity contribution in [2.45, 2.75) is 59.0 Å². The number of hydrogen-bond acceptors (Lipinski definition) is 4. The van der Waals surface area contributed by atoms with Gasteiger partial charge in [-0.15, -0.1) is 0 Å². The van der Waals surface area contributed by atoms with Crippen molar-refractivity contribution in [3.8, 4) is 11.5 Å². The standard InChI is InChI=1S/C20H29NO3/c1-5-6-12-23-17-13-15(2)20(16(3)14-17)24-19-11-9-7-8-10-18(19)21-22-4/h5-6,13-14,19H,7-12H2,1-4H3/b6-5+,21-18+. The number of nitrogens with zero attached hydrogens (tertiary/aromatic N) is 1. The summed E-state index contributed by atoms with van der Waals surface area (Å²) in [5.74, 6) is 1.81. The number of aryl methyl sites for hydroxylation is 2. The van der Waals surface area contributed by atoms with Crippen LogP contribution in [0.25, 0.3) is 0 Å². The van der Waals surface area contributed by atoms with Crippen molar-refractivity contribution in [3.05, 3.63) is 35.4 Å². The first-order valence-electron chi connectivity index (χ1n) is 8.77. The van der Waals surface area contributed by atoms with Crippen molar-refractivity contribution in [2.75, 3.05) is 13.7 Å². The molecule has 1 aliphatic rings. The molecule has 0 bridgehead atoms. The third-order valence-electron chi connectivity index (χ3n) is 4.26. The van der Waals surface area contributed by atoms with Crippen molar-refractivity contribution in [3.63, 3.8) is 0 Å². The summed E-state index contributed by atoms with van der Waals surface area (Å²) in [6, 6.07) is 4.07. The van der Waals surface area contributed by atoms with Crippen LogP contribution in [0.15, 0.2) is 29.4 Å². The van der Waals surface area contributed by atoms with E-state index in [-0.39, 0.29) is 6.10 Å². The summed E-state index contributed by atoms with van der Waals surface area (Å²) < 4.78 is 12.1. The van der Waals surface area contributed by atoms with Gasteiger partial charge in [0.05, 0.1) is 5.71 Å². The van der Waals surface area contributed by atoms with E-state index in [1.54, 1.807) is 7.11 Å². The van der Waals surface area contributed by atoms with Gasteiger partial charge in [0.2, 0.25) is 0 Å². The summed E-state index contributed by atoms with van der Waals surface area (Å²) in [4.78, 5) is 5.02. The fourth-order valence-corrected chi connectivity index (χ4v) is 3.05. The molecule has 0 aliphatic heterocycles. The van der Waals surface area contributed by atoms with E-state index in [9.17, 15) is 0 Å². The van der Waals surface area contributed by atoms with E-state index in [2.05, 4.69) is 19.0 Å². The van der Waals surface area contributed by atoms with E-state index in [1.165, 1.54) is 6.42 Å². The molecule has 0 aromatic heterocycles. The normalized spacial score (nSPS) is 20.2. The summed E-state index contributed by atoms with van der Waals surface area (Å²) in [6.07, 6.45) is 9.45. The Bertz CT molecular complexity index is 570. The largest absolute Gasteiger partial charge is 0.490 e. The highest BCUT2D eigenvalue weighted by Crippen LogP contribution is 2.31. The Balaban J connectivity index is 2.17. The maximum atomic E-state index is 6.36. The van der Waals surface area contributed by atoms with Crippen LogP contribution in [0.4, 0.5) is 0 Å². The van der Waals surface area contributed by atoms with Gasteiger partial charge in [-0.1, -0.05) is 23.7 Å².